The van der Waals surface area contributed by atoms with Gasteiger partial charge in [-0.05, 0) is 11.6 Å². The highest BCUT2D eigenvalue weighted by Crippen LogP contribution is 2.37. The summed E-state index contributed by atoms with van der Waals surface area (Å²) in [7, 11) is -0.820. The topological polar surface area (TPSA) is 98.2 Å². The molecule has 0 saturated heterocycles. The van der Waals surface area contributed by atoms with Gasteiger partial charge in [0, 0.05) is 19.3 Å². The number of nitrogens with zero attached hydrogens (tertiary/aromatic N) is 3. The van der Waals surface area contributed by atoms with E-state index in [9.17, 15) is 18.0 Å². The number of fused-ring (bicyclic) bond motifs is 3. The van der Waals surface area contributed by atoms with Crippen molar-refractivity contribution in [2.75, 3.05) is 25.4 Å². The average molecular weight is 431 g/mol. The van der Waals surface area contributed by atoms with Gasteiger partial charge in [-0.25, -0.2) is 0 Å². The van der Waals surface area contributed by atoms with Crippen molar-refractivity contribution in [2.24, 2.45) is 0 Å². The monoisotopic (exact) mass is 431 g/mol. The first-order valence-electron chi connectivity index (χ1n) is 9.20. The molecule has 3 atom stereocenters. The Bertz CT molecular complexity index is 1170. The van der Waals surface area contributed by atoms with Crippen LogP contribution < -0.4 is 15.2 Å². The lowest BCUT2D eigenvalue weighted by Gasteiger charge is -2.51. The molecule has 2 aliphatic rings. The number of amides is 1. The van der Waals surface area contributed by atoms with Gasteiger partial charge >= 0.3 is 0 Å². The number of benzene rings is 1. The number of aromatic nitrogens is 1. The van der Waals surface area contributed by atoms with Crippen LogP contribution in [0.2, 0.25) is 0 Å². The molecule has 2 aliphatic heterocycles. The maximum atomic E-state index is 13.1. The van der Waals surface area contributed by atoms with E-state index in [4.69, 9.17) is 8.92 Å². The molecule has 0 saturated carbocycles. The summed E-state index contributed by atoms with van der Waals surface area (Å²) < 4.78 is 36.0. The molecule has 2 aromatic rings. The smallest absolute Gasteiger partial charge is 0.278 e. The number of carbonyl (C=O) groups is 1. The Kier molecular flexibility index (Phi) is 4.91. The quantitative estimate of drug-likeness (QED) is 0.523. The highest BCUT2D eigenvalue weighted by Gasteiger charge is 2.45. The second kappa shape index (κ2) is 7.29. The third-order valence-corrected chi connectivity index (χ3v) is 5.75. The number of carbonyl (C=O) groups excluding carboxylic acids is 1. The SMILES string of the molecule is COc1c2n(ccc1=O)N1[C@H](c3ccccc3)[C@H](OS(C)(=O)=O)C=C[C@H]1N(C)C2=O. The predicted molar refractivity (Wildman–Crippen MR) is 109 cm³/mol. The average Bonchev–Trinajstić information content (AvgIpc) is 2.71. The molecule has 1 aromatic carbocycles. The molecule has 0 radical (unpaired) electrons. The minimum Gasteiger partial charge on any atom is -0.491 e. The Hall–Kier alpha value is -3.11. The lowest BCUT2D eigenvalue weighted by atomic mass is 9.96. The van der Waals surface area contributed by atoms with E-state index >= 15 is 0 Å². The van der Waals surface area contributed by atoms with Crippen LogP contribution in [0.25, 0.3) is 0 Å². The lowest BCUT2D eigenvalue weighted by molar-refractivity contribution is 0.0610. The number of likely N-dealkylation sites (N-methyl/N-ethyl adjacent to an activating group) is 1. The Morgan fingerprint density at radius 1 is 1.03 bits per heavy atom. The van der Waals surface area contributed by atoms with Crippen molar-refractivity contribution < 1.29 is 22.1 Å². The van der Waals surface area contributed by atoms with Gasteiger partial charge in [-0.1, -0.05) is 36.4 Å². The number of ether oxygens (including phenoxy) is 1. The summed E-state index contributed by atoms with van der Waals surface area (Å²) in [4.78, 5) is 26.8. The summed E-state index contributed by atoms with van der Waals surface area (Å²) in [5.74, 6) is -0.459. The molecule has 0 fully saturated rings. The zero-order valence-electron chi connectivity index (χ0n) is 16.6. The zero-order chi connectivity index (χ0) is 21.6. The van der Waals surface area contributed by atoms with Crippen molar-refractivity contribution in [1.82, 2.24) is 9.58 Å². The number of rotatable bonds is 4. The Balaban J connectivity index is 1.97. The van der Waals surface area contributed by atoms with E-state index in [1.807, 2.05) is 35.3 Å². The Labute approximate surface area is 173 Å². The zero-order valence-corrected chi connectivity index (χ0v) is 17.4. The van der Waals surface area contributed by atoms with Crippen LogP contribution in [-0.2, 0) is 14.3 Å². The Morgan fingerprint density at radius 3 is 2.37 bits per heavy atom. The molecule has 30 heavy (non-hydrogen) atoms. The molecule has 0 aliphatic carbocycles. The van der Waals surface area contributed by atoms with Gasteiger partial charge in [0.25, 0.3) is 16.0 Å². The van der Waals surface area contributed by atoms with Crippen molar-refractivity contribution in [3.05, 3.63) is 76.2 Å². The number of pyridine rings is 1. The first kappa shape index (κ1) is 20.2. The number of hydrogen-bond acceptors (Lipinski definition) is 7. The summed E-state index contributed by atoms with van der Waals surface area (Å²) in [6.45, 7) is 0. The van der Waals surface area contributed by atoms with E-state index < -0.39 is 33.9 Å². The minimum absolute atomic E-state index is 0.0677. The first-order chi connectivity index (χ1) is 14.2. The van der Waals surface area contributed by atoms with Gasteiger partial charge in [-0.3, -0.25) is 23.5 Å². The third kappa shape index (κ3) is 3.27. The molecule has 1 aromatic heterocycles. The summed E-state index contributed by atoms with van der Waals surface area (Å²) >= 11 is 0. The molecule has 0 N–H and O–H groups in total. The van der Waals surface area contributed by atoms with Crippen LogP contribution in [0.5, 0.6) is 5.75 Å². The molecule has 0 unspecified atom stereocenters. The van der Waals surface area contributed by atoms with Gasteiger partial charge in [0.05, 0.1) is 13.4 Å². The van der Waals surface area contributed by atoms with Gasteiger partial charge in [-0.2, -0.15) is 8.42 Å². The molecule has 1 amide bonds. The second-order valence-corrected chi connectivity index (χ2v) is 8.72. The molecule has 3 heterocycles. The number of hydrogen-bond donors (Lipinski definition) is 0. The molecule has 9 nitrogen and oxygen atoms in total. The van der Waals surface area contributed by atoms with Gasteiger partial charge in [0.2, 0.25) is 5.43 Å². The fraction of sp³-hybridized carbons (Fsp3) is 0.300. The van der Waals surface area contributed by atoms with E-state index in [1.54, 1.807) is 23.9 Å². The van der Waals surface area contributed by atoms with Crippen molar-refractivity contribution in [3.8, 4) is 5.75 Å². The van der Waals surface area contributed by atoms with E-state index in [2.05, 4.69) is 0 Å². The second-order valence-electron chi connectivity index (χ2n) is 7.12. The van der Waals surface area contributed by atoms with Crippen molar-refractivity contribution in [2.45, 2.75) is 18.3 Å². The highest BCUT2D eigenvalue weighted by molar-refractivity contribution is 7.86. The molecule has 0 bridgehead atoms. The van der Waals surface area contributed by atoms with Gasteiger partial charge in [0.15, 0.2) is 11.4 Å². The maximum absolute atomic E-state index is 13.1. The van der Waals surface area contributed by atoms with Gasteiger partial charge in [-0.15, -0.1) is 0 Å². The van der Waals surface area contributed by atoms with Gasteiger partial charge in [0.1, 0.15) is 18.3 Å². The van der Waals surface area contributed by atoms with Gasteiger partial charge < -0.3 is 9.64 Å². The summed E-state index contributed by atoms with van der Waals surface area (Å²) in [5, 5.41) is 1.81. The largest absolute Gasteiger partial charge is 0.491 e. The fourth-order valence-electron chi connectivity index (χ4n) is 3.95. The lowest BCUT2D eigenvalue weighted by Crippen LogP contribution is -2.63. The third-order valence-electron chi connectivity index (χ3n) is 5.17. The van der Waals surface area contributed by atoms with Crippen LogP contribution in [0.4, 0.5) is 0 Å². The Morgan fingerprint density at radius 2 is 1.73 bits per heavy atom. The molecule has 158 valence electrons. The molecular formula is C20H21N3O6S. The van der Waals surface area contributed by atoms with Crippen molar-refractivity contribution >= 4 is 16.0 Å². The van der Waals surface area contributed by atoms with Crippen LogP contribution in [0, 0.1) is 0 Å². The van der Waals surface area contributed by atoms with Crippen LogP contribution in [-0.4, -0.2) is 56.6 Å². The summed E-state index contributed by atoms with van der Waals surface area (Å²) in [5.41, 5.74) is 0.432. The molecular weight excluding hydrogens is 410 g/mol. The normalized spacial score (nSPS) is 23.2. The fourth-order valence-corrected chi connectivity index (χ4v) is 4.52. The van der Waals surface area contributed by atoms with E-state index in [1.165, 1.54) is 24.3 Å². The van der Waals surface area contributed by atoms with E-state index in [0.717, 1.165) is 11.8 Å². The van der Waals surface area contributed by atoms with Crippen molar-refractivity contribution in [1.29, 1.82) is 0 Å². The highest BCUT2D eigenvalue weighted by atomic mass is 32.2. The maximum Gasteiger partial charge on any atom is 0.278 e. The van der Waals surface area contributed by atoms with Crippen LogP contribution >= 0.6 is 0 Å². The summed E-state index contributed by atoms with van der Waals surface area (Å²) in [6.07, 6.45) is 4.47. The molecule has 10 heteroatoms. The standard InChI is InChI=1S/C20H21N3O6S/c1-21-16-10-9-15(29-30(3,26)27)17(13-7-5-4-6-8-13)23(16)22-12-11-14(24)19(28-2)18(22)20(21)25/h4-12,15-17H,1-3H3/t15-,16+,17-/m1/s1. The van der Waals surface area contributed by atoms with Crippen molar-refractivity contribution in [3.63, 3.8) is 0 Å². The predicted octanol–water partition coefficient (Wildman–Crippen LogP) is 0.863. The minimum atomic E-state index is -3.77. The van der Waals surface area contributed by atoms with E-state index in [0.29, 0.717) is 0 Å². The summed E-state index contributed by atoms with van der Waals surface area (Å²) in [6, 6.07) is 9.96. The van der Waals surface area contributed by atoms with Crippen LogP contribution in [0.1, 0.15) is 22.1 Å². The number of methoxy groups -OCH3 is 1. The molecule has 0 spiro atoms. The molecule has 4 rings (SSSR count). The first-order valence-corrected chi connectivity index (χ1v) is 11.0. The van der Waals surface area contributed by atoms with Crippen LogP contribution in [0.15, 0.2) is 59.5 Å². The van der Waals surface area contributed by atoms with E-state index in [-0.39, 0.29) is 17.4 Å². The van der Waals surface area contributed by atoms with Crippen LogP contribution in [0.3, 0.4) is 0 Å².